The van der Waals surface area contributed by atoms with Gasteiger partial charge in [-0.3, -0.25) is 4.79 Å². The lowest BCUT2D eigenvalue weighted by Gasteiger charge is -2.10. The van der Waals surface area contributed by atoms with Gasteiger partial charge in [0.2, 0.25) is 0 Å². The van der Waals surface area contributed by atoms with Gasteiger partial charge in [-0.15, -0.1) is 0 Å². The van der Waals surface area contributed by atoms with E-state index in [0.29, 0.717) is 21.6 Å². The second-order valence-corrected chi connectivity index (χ2v) is 6.89. The van der Waals surface area contributed by atoms with Gasteiger partial charge < -0.3 is 14.4 Å². The summed E-state index contributed by atoms with van der Waals surface area (Å²) in [6.07, 6.45) is 0. The maximum atomic E-state index is 12.5. The first-order valence-electron chi connectivity index (χ1n) is 7.98. The predicted octanol–water partition coefficient (Wildman–Crippen LogP) is 3.41. The van der Waals surface area contributed by atoms with Crippen molar-refractivity contribution in [2.24, 2.45) is 4.99 Å². The molecule has 0 aliphatic rings. The Morgan fingerprint density at radius 3 is 2.50 bits per heavy atom. The number of hydrogen-bond acceptors (Lipinski definition) is 4. The van der Waals surface area contributed by atoms with E-state index in [1.807, 2.05) is 25.1 Å². The smallest absolute Gasteiger partial charge is 0.326 e. The third-order valence-electron chi connectivity index (χ3n) is 4.07. The fraction of sp³-hybridized carbons (Fsp3) is 0.211. The molecule has 1 atom stereocenters. The minimum absolute atomic E-state index is 0.341. The molecule has 26 heavy (non-hydrogen) atoms. The number of fused-ring (bicyclic) bond motifs is 1. The molecule has 1 aromatic heterocycles. The molecule has 3 rings (SSSR count). The minimum atomic E-state index is -1.00. The number of carboxylic acid groups (broad SMARTS) is 1. The number of aliphatic carboxylic acids is 1. The van der Waals surface area contributed by atoms with Gasteiger partial charge in [-0.2, -0.15) is 4.99 Å². The van der Waals surface area contributed by atoms with E-state index in [-0.39, 0.29) is 0 Å². The lowest BCUT2D eigenvalue weighted by Crippen LogP contribution is -2.25. The van der Waals surface area contributed by atoms with Gasteiger partial charge in [0.25, 0.3) is 5.91 Å². The summed E-state index contributed by atoms with van der Waals surface area (Å²) < 4.78 is 7.62. The second-order valence-electron chi connectivity index (χ2n) is 5.89. The van der Waals surface area contributed by atoms with Crippen LogP contribution in [0.5, 0.6) is 5.75 Å². The molecule has 1 N–H and O–H groups in total. The number of rotatable bonds is 4. The number of carbonyl (C=O) groups is 2. The summed E-state index contributed by atoms with van der Waals surface area (Å²) in [7, 11) is 1.55. The molecule has 7 heteroatoms. The van der Waals surface area contributed by atoms with E-state index >= 15 is 0 Å². The van der Waals surface area contributed by atoms with Crippen LogP contribution in [0.15, 0.2) is 47.5 Å². The molecule has 0 saturated carbocycles. The number of nitrogens with zero attached hydrogens (tertiary/aromatic N) is 2. The van der Waals surface area contributed by atoms with Gasteiger partial charge >= 0.3 is 5.97 Å². The topological polar surface area (TPSA) is 80.9 Å². The molecule has 0 unspecified atom stereocenters. The Kier molecular flexibility index (Phi) is 4.90. The zero-order valence-corrected chi connectivity index (χ0v) is 15.4. The Morgan fingerprint density at radius 2 is 1.88 bits per heavy atom. The van der Waals surface area contributed by atoms with Crippen molar-refractivity contribution in [2.45, 2.75) is 19.9 Å². The van der Waals surface area contributed by atoms with Crippen LogP contribution in [0, 0.1) is 6.92 Å². The summed E-state index contributed by atoms with van der Waals surface area (Å²) in [5.74, 6) is -0.801. The van der Waals surface area contributed by atoms with Crippen LogP contribution in [0.3, 0.4) is 0 Å². The van der Waals surface area contributed by atoms with E-state index < -0.39 is 17.9 Å². The standard InChI is InChI=1S/C19H18N2O4S/c1-11-4-6-13(7-5-11)17(22)20-19-21(12(2)18(23)24)15-10-14(25-3)8-9-16(15)26-19/h4-10,12H,1-3H3,(H,23,24)/t12-/m1/s1. The second kappa shape index (κ2) is 7.13. The van der Waals surface area contributed by atoms with Crippen LogP contribution in [-0.4, -0.2) is 28.7 Å². The zero-order chi connectivity index (χ0) is 18.8. The molecule has 0 radical (unpaired) electrons. The first-order chi connectivity index (χ1) is 12.4. The average Bonchev–Trinajstić information content (AvgIpc) is 2.98. The van der Waals surface area contributed by atoms with Gasteiger partial charge in [-0.05, 0) is 38.1 Å². The highest BCUT2D eigenvalue weighted by Gasteiger charge is 2.19. The summed E-state index contributed by atoms with van der Waals surface area (Å²) in [6, 6.07) is 11.6. The summed E-state index contributed by atoms with van der Waals surface area (Å²) in [5, 5.41) is 9.47. The average molecular weight is 370 g/mol. The first-order valence-corrected chi connectivity index (χ1v) is 8.80. The molecule has 1 amide bonds. The Morgan fingerprint density at radius 1 is 1.19 bits per heavy atom. The van der Waals surface area contributed by atoms with Crippen LogP contribution < -0.4 is 9.54 Å². The van der Waals surface area contributed by atoms with Crippen molar-refractivity contribution in [3.8, 4) is 5.75 Å². The molecule has 3 aromatic rings. The maximum Gasteiger partial charge on any atom is 0.326 e. The van der Waals surface area contributed by atoms with Gasteiger partial charge in [0, 0.05) is 11.6 Å². The molecule has 0 aliphatic carbocycles. The molecule has 0 aliphatic heterocycles. The van der Waals surface area contributed by atoms with Crippen LogP contribution >= 0.6 is 11.3 Å². The Hall–Kier alpha value is -2.93. The molecular weight excluding hydrogens is 352 g/mol. The van der Waals surface area contributed by atoms with E-state index in [2.05, 4.69) is 4.99 Å². The van der Waals surface area contributed by atoms with Crippen LogP contribution in [0.4, 0.5) is 0 Å². The van der Waals surface area contributed by atoms with Crippen molar-refractivity contribution in [2.75, 3.05) is 7.11 Å². The number of ether oxygens (including phenoxy) is 1. The predicted molar refractivity (Wildman–Crippen MR) is 99.8 cm³/mol. The third kappa shape index (κ3) is 3.39. The number of carboxylic acids is 1. The highest BCUT2D eigenvalue weighted by atomic mass is 32.1. The number of carbonyl (C=O) groups excluding carboxylic acids is 1. The number of aryl methyl sites for hydroxylation is 1. The first kappa shape index (κ1) is 17.9. The van der Waals surface area contributed by atoms with Crippen molar-refractivity contribution in [3.63, 3.8) is 0 Å². The molecule has 2 aromatic carbocycles. The van der Waals surface area contributed by atoms with Crippen molar-refractivity contribution in [1.29, 1.82) is 0 Å². The minimum Gasteiger partial charge on any atom is -0.497 e. The van der Waals surface area contributed by atoms with E-state index in [1.54, 1.807) is 42.9 Å². The van der Waals surface area contributed by atoms with E-state index in [1.165, 1.54) is 11.3 Å². The third-order valence-corrected chi connectivity index (χ3v) is 5.11. The number of hydrogen-bond donors (Lipinski definition) is 1. The number of benzene rings is 2. The van der Waals surface area contributed by atoms with Gasteiger partial charge in [0.05, 0.1) is 17.3 Å². The molecule has 1 heterocycles. The lowest BCUT2D eigenvalue weighted by molar-refractivity contribution is -0.140. The van der Waals surface area contributed by atoms with Gasteiger partial charge in [-0.1, -0.05) is 29.0 Å². The summed E-state index contributed by atoms with van der Waals surface area (Å²) in [4.78, 5) is 28.6. The van der Waals surface area contributed by atoms with Gasteiger partial charge in [0.1, 0.15) is 11.8 Å². The van der Waals surface area contributed by atoms with Crippen LogP contribution in [0.25, 0.3) is 10.2 Å². The summed E-state index contributed by atoms with van der Waals surface area (Å²) >= 11 is 1.27. The van der Waals surface area contributed by atoms with Crippen LogP contribution in [-0.2, 0) is 4.79 Å². The Bertz CT molecular complexity index is 1050. The number of thiazole rings is 1. The number of amides is 1. The van der Waals surface area contributed by atoms with Crippen molar-refractivity contribution >= 4 is 33.4 Å². The molecule has 0 spiro atoms. The maximum absolute atomic E-state index is 12.5. The van der Waals surface area contributed by atoms with Crippen molar-refractivity contribution < 1.29 is 19.4 Å². The number of methoxy groups -OCH3 is 1. The largest absolute Gasteiger partial charge is 0.497 e. The highest BCUT2D eigenvalue weighted by molar-refractivity contribution is 7.16. The van der Waals surface area contributed by atoms with E-state index in [9.17, 15) is 14.7 Å². The lowest BCUT2D eigenvalue weighted by atomic mass is 10.1. The van der Waals surface area contributed by atoms with E-state index in [4.69, 9.17) is 4.74 Å². The molecule has 6 nitrogen and oxygen atoms in total. The molecule has 0 saturated heterocycles. The highest BCUT2D eigenvalue weighted by Crippen LogP contribution is 2.25. The molecule has 0 bridgehead atoms. The number of aromatic nitrogens is 1. The van der Waals surface area contributed by atoms with Gasteiger partial charge in [0.15, 0.2) is 4.80 Å². The monoisotopic (exact) mass is 370 g/mol. The SMILES string of the molecule is COc1ccc2sc(=NC(=O)c3ccc(C)cc3)n([C@H](C)C(=O)O)c2c1. The normalized spacial score (nSPS) is 13.0. The quantitative estimate of drug-likeness (QED) is 0.763. The Balaban J connectivity index is 2.20. The molecular formula is C19H18N2O4S. The fourth-order valence-corrected chi connectivity index (χ4v) is 3.64. The van der Waals surface area contributed by atoms with Crippen LogP contribution in [0.1, 0.15) is 28.9 Å². The molecule has 134 valence electrons. The Labute approximate surface area is 154 Å². The van der Waals surface area contributed by atoms with E-state index in [0.717, 1.165) is 10.3 Å². The van der Waals surface area contributed by atoms with Gasteiger partial charge in [-0.25, -0.2) is 4.79 Å². The fourth-order valence-electron chi connectivity index (χ4n) is 2.56. The summed E-state index contributed by atoms with van der Waals surface area (Å²) in [5.41, 5.74) is 2.17. The van der Waals surface area contributed by atoms with Crippen LogP contribution in [0.2, 0.25) is 0 Å². The van der Waals surface area contributed by atoms with Crippen molar-refractivity contribution in [3.05, 3.63) is 58.4 Å². The van der Waals surface area contributed by atoms with Crippen molar-refractivity contribution in [1.82, 2.24) is 4.57 Å². The molecule has 0 fully saturated rings. The zero-order valence-electron chi connectivity index (χ0n) is 14.6. The summed E-state index contributed by atoms with van der Waals surface area (Å²) in [6.45, 7) is 3.50.